The number of pyridine rings is 1. The number of rotatable bonds is 6. The number of nitrogens with zero attached hydrogens (tertiary/aromatic N) is 3. The molecular formula is C22H24N4O2S. The van der Waals surface area contributed by atoms with Crippen molar-refractivity contribution < 1.29 is 9.90 Å². The quantitative estimate of drug-likeness (QED) is 0.653. The van der Waals surface area contributed by atoms with Crippen molar-refractivity contribution in [3.05, 3.63) is 65.3 Å². The Balaban J connectivity index is 1.41. The van der Waals surface area contributed by atoms with Crippen molar-refractivity contribution in [2.45, 2.75) is 25.4 Å². The van der Waals surface area contributed by atoms with Gasteiger partial charge in [-0.3, -0.25) is 14.7 Å². The summed E-state index contributed by atoms with van der Waals surface area (Å²) in [4.78, 5) is 23.5. The molecule has 1 atom stereocenters. The second-order valence-electron chi connectivity index (χ2n) is 7.26. The van der Waals surface area contributed by atoms with E-state index in [4.69, 9.17) is 4.98 Å². The molecule has 0 radical (unpaired) electrons. The Morgan fingerprint density at radius 1 is 1.24 bits per heavy atom. The summed E-state index contributed by atoms with van der Waals surface area (Å²) in [6, 6.07) is 14.0. The first-order valence-corrected chi connectivity index (χ1v) is 10.7. The number of hydrogen-bond donors (Lipinski definition) is 2. The van der Waals surface area contributed by atoms with Crippen molar-refractivity contribution in [3.8, 4) is 11.3 Å². The van der Waals surface area contributed by atoms with Crippen molar-refractivity contribution in [1.29, 1.82) is 0 Å². The van der Waals surface area contributed by atoms with Crippen LogP contribution >= 0.6 is 11.3 Å². The van der Waals surface area contributed by atoms with E-state index in [-0.39, 0.29) is 12.5 Å². The van der Waals surface area contributed by atoms with Gasteiger partial charge in [-0.15, -0.1) is 11.3 Å². The van der Waals surface area contributed by atoms with Crippen LogP contribution in [0.25, 0.3) is 11.3 Å². The average molecular weight is 409 g/mol. The number of aliphatic hydroxyl groups is 1. The first kappa shape index (κ1) is 19.7. The minimum absolute atomic E-state index is 0.0220. The lowest BCUT2D eigenvalue weighted by Crippen LogP contribution is -2.40. The van der Waals surface area contributed by atoms with Crippen molar-refractivity contribution in [1.82, 2.24) is 14.9 Å². The van der Waals surface area contributed by atoms with Crippen LogP contribution < -0.4 is 5.32 Å². The second-order valence-corrected chi connectivity index (χ2v) is 8.16. The fourth-order valence-electron chi connectivity index (χ4n) is 3.71. The molecule has 0 spiro atoms. The number of aromatic nitrogens is 2. The summed E-state index contributed by atoms with van der Waals surface area (Å²) in [6.45, 7) is 2.16. The van der Waals surface area contributed by atoms with E-state index < -0.39 is 0 Å². The molecule has 1 aliphatic heterocycles. The van der Waals surface area contributed by atoms with Crippen LogP contribution in [0, 0.1) is 0 Å². The zero-order valence-electron chi connectivity index (χ0n) is 16.1. The average Bonchev–Trinajstić information content (AvgIpc) is 3.27. The van der Waals surface area contributed by atoms with Crippen LogP contribution in [0.1, 0.15) is 30.0 Å². The predicted octanol–water partition coefficient (Wildman–Crippen LogP) is 3.52. The molecule has 1 saturated heterocycles. The summed E-state index contributed by atoms with van der Waals surface area (Å²) < 4.78 is 0. The highest BCUT2D eigenvalue weighted by atomic mass is 32.1. The summed E-state index contributed by atoms with van der Waals surface area (Å²) in [7, 11) is 0. The third-order valence-electron chi connectivity index (χ3n) is 5.17. The largest absolute Gasteiger partial charge is 0.392 e. The number of aliphatic hydroxyl groups excluding tert-OH is 1. The van der Waals surface area contributed by atoms with E-state index in [1.54, 1.807) is 6.20 Å². The summed E-state index contributed by atoms with van der Waals surface area (Å²) >= 11 is 1.43. The van der Waals surface area contributed by atoms with Gasteiger partial charge in [-0.05, 0) is 37.1 Å². The number of hydrogen-bond acceptors (Lipinski definition) is 6. The van der Waals surface area contributed by atoms with Gasteiger partial charge >= 0.3 is 0 Å². The zero-order valence-corrected chi connectivity index (χ0v) is 16.9. The minimum atomic E-state index is -0.0220. The lowest BCUT2D eigenvalue weighted by atomic mass is 9.93. The fourth-order valence-corrected chi connectivity index (χ4v) is 4.25. The van der Waals surface area contributed by atoms with Gasteiger partial charge in [0.05, 0.1) is 18.8 Å². The summed E-state index contributed by atoms with van der Waals surface area (Å²) in [6.07, 6.45) is 3.81. The van der Waals surface area contributed by atoms with Gasteiger partial charge in [-0.25, -0.2) is 4.98 Å². The maximum Gasteiger partial charge on any atom is 0.240 e. The Bertz CT molecular complexity index is 944. The highest BCUT2D eigenvalue weighted by Gasteiger charge is 2.24. The predicted molar refractivity (Wildman–Crippen MR) is 115 cm³/mol. The van der Waals surface area contributed by atoms with E-state index in [0.29, 0.717) is 17.6 Å². The molecule has 1 aliphatic rings. The van der Waals surface area contributed by atoms with Gasteiger partial charge < -0.3 is 10.4 Å². The van der Waals surface area contributed by atoms with E-state index >= 15 is 0 Å². The van der Waals surface area contributed by atoms with Gasteiger partial charge in [-0.2, -0.15) is 0 Å². The number of piperidine rings is 1. The van der Waals surface area contributed by atoms with Crippen LogP contribution in [-0.2, 0) is 11.4 Å². The van der Waals surface area contributed by atoms with Gasteiger partial charge in [0, 0.05) is 35.3 Å². The third-order valence-corrected chi connectivity index (χ3v) is 5.86. The number of carbonyl (C=O) groups is 1. The SMILES string of the molecule is O=C(CN1CCC[C@@H](c2cccc(-c3ccc(CO)cc3)n2)C1)Nc1nccs1. The molecule has 2 N–H and O–H groups in total. The molecule has 0 unspecified atom stereocenters. The molecule has 0 saturated carbocycles. The molecule has 0 bridgehead atoms. The number of nitrogens with one attached hydrogen (secondary N) is 1. The Morgan fingerprint density at radius 3 is 2.86 bits per heavy atom. The van der Waals surface area contributed by atoms with Gasteiger partial charge in [-0.1, -0.05) is 30.3 Å². The lowest BCUT2D eigenvalue weighted by molar-refractivity contribution is -0.117. The van der Waals surface area contributed by atoms with Crippen molar-refractivity contribution in [2.75, 3.05) is 25.0 Å². The summed E-state index contributed by atoms with van der Waals surface area (Å²) in [5.41, 5.74) is 3.94. The van der Waals surface area contributed by atoms with E-state index in [2.05, 4.69) is 21.3 Å². The highest BCUT2D eigenvalue weighted by molar-refractivity contribution is 7.13. The first-order chi connectivity index (χ1) is 14.2. The molecule has 1 amide bonds. The Labute approximate surface area is 174 Å². The van der Waals surface area contributed by atoms with Gasteiger partial charge in [0.15, 0.2) is 5.13 Å². The van der Waals surface area contributed by atoms with Crippen molar-refractivity contribution in [3.63, 3.8) is 0 Å². The molecule has 4 rings (SSSR count). The number of thiazole rings is 1. The van der Waals surface area contributed by atoms with Crippen LogP contribution in [0.5, 0.6) is 0 Å². The van der Waals surface area contributed by atoms with E-state index in [1.165, 1.54) is 11.3 Å². The van der Waals surface area contributed by atoms with Crippen molar-refractivity contribution >= 4 is 22.4 Å². The summed E-state index contributed by atoms with van der Waals surface area (Å²) in [5, 5.41) is 14.6. The van der Waals surface area contributed by atoms with Gasteiger partial charge in [0.1, 0.15) is 0 Å². The second kappa shape index (κ2) is 9.26. The number of likely N-dealkylation sites (tertiary alicyclic amines) is 1. The molecule has 0 aliphatic carbocycles. The number of benzene rings is 1. The molecule has 3 aromatic rings. The Hall–Kier alpha value is -2.61. The van der Waals surface area contributed by atoms with Crippen LogP contribution in [-0.4, -0.2) is 45.5 Å². The van der Waals surface area contributed by atoms with E-state index in [0.717, 1.165) is 48.4 Å². The number of amides is 1. The molecule has 150 valence electrons. The molecule has 3 heterocycles. The number of carbonyl (C=O) groups excluding carboxylic acids is 1. The fraction of sp³-hybridized carbons (Fsp3) is 0.318. The Morgan fingerprint density at radius 2 is 2.10 bits per heavy atom. The first-order valence-electron chi connectivity index (χ1n) is 9.80. The van der Waals surface area contributed by atoms with Gasteiger partial charge in [0.25, 0.3) is 0 Å². The zero-order chi connectivity index (χ0) is 20.1. The molecule has 29 heavy (non-hydrogen) atoms. The third kappa shape index (κ3) is 5.06. The summed E-state index contributed by atoms with van der Waals surface area (Å²) in [5.74, 6) is 0.291. The molecule has 1 aromatic carbocycles. The van der Waals surface area contributed by atoms with E-state index in [9.17, 15) is 9.90 Å². The lowest BCUT2D eigenvalue weighted by Gasteiger charge is -2.32. The minimum Gasteiger partial charge on any atom is -0.392 e. The molecule has 1 fully saturated rings. The van der Waals surface area contributed by atoms with Crippen LogP contribution in [0.4, 0.5) is 5.13 Å². The monoisotopic (exact) mass is 408 g/mol. The van der Waals surface area contributed by atoms with E-state index in [1.807, 2.05) is 41.8 Å². The molecule has 2 aromatic heterocycles. The van der Waals surface area contributed by atoms with Crippen LogP contribution in [0.2, 0.25) is 0 Å². The molecule has 6 nitrogen and oxygen atoms in total. The normalized spacial score (nSPS) is 17.2. The molecular weight excluding hydrogens is 384 g/mol. The smallest absolute Gasteiger partial charge is 0.240 e. The highest BCUT2D eigenvalue weighted by Crippen LogP contribution is 2.28. The van der Waals surface area contributed by atoms with Crippen LogP contribution in [0.3, 0.4) is 0 Å². The topological polar surface area (TPSA) is 78.4 Å². The van der Waals surface area contributed by atoms with Crippen molar-refractivity contribution in [2.24, 2.45) is 0 Å². The number of anilines is 1. The standard InChI is InChI=1S/C22H24N4O2S/c27-15-16-6-8-17(9-7-16)19-4-1-5-20(24-19)18-3-2-11-26(13-18)14-21(28)25-22-23-10-12-29-22/h1,4-10,12,18,27H,2-3,11,13-15H2,(H,23,25,28)/t18-/m1/s1. The maximum atomic E-state index is 12.3. The Kier molecular flexibility index (Phi) is 6.29. The maximum absolute atomic E-state index is 12.3. The van der Waals surface area contributed by atoms with Gasteiger partial charge in [0.2, 0.25) is 5.91 Å². The molecule has 7 heteroatoms. The van der Waals surface area contributed by atoms with Crippen LogP contribution in [0.15, 0.2) is 54.0 Å².